The van der Waals surface area contributed by atoms with Crippen molar-refractivity contribution in [3.63, 3.8) is 0 Å². The first-order chi connectivity index (χ1) is 12.9. The van der Waals surface area contributed by atoms with Crippen molar-refractivity contribution in [1.29, 1.82) is 5.26 Å². The van der Waals surface area contributed by atoms with Crippen LogP contribution in [0.3, 0.4) is 0 Å². The number of hydrogen-bond acceptors (Lipinski definition) is 5. The fourth-order valence-electron chi connectivity index (χ4n) is 2.20. The average molecular weight is 360 g/mol. The van der Waals surface area contributed by atoms with Crippen molar-refractivity contribution in [2.24, 2.45) is 11.5 Å². The van der Waals surface area contributed by atoms with Crippen LogP contribution in [0.15, 0.2) is 77.5 Å². The van der Waals surface area contributed by atoms with E-state index in [1.54, 1.807) is 54.6 Å². The summed E-state index contributed by atoms with van der Waals surface area (Å²) in [6, 6.07) is 18.3. The van der Waals surface area contributed by atoms with Crippen LogP contribution in [0.5, 0.6) is 0 Å². The van der Waals surface area contributed by atoms with Gasteiger partial charge < -0.3 is 11.5 Å². The summed E-state index contributed by atoms with van der Waals surface area (Å²) in [5.41, 5.74) is 10.6. The lowest BCUT2D eigenvalue weighted by atomic mass is 10.0. The Hall–Kier alpha value is -4.18. The normalized spacial score (nSPS) is 11.7. The molecule has 134 valence electrons. The van der Waals surface area contributed by atoms with Gasteiger partial charge in [-0.05, 0) is 23.8 Å². The van der Waals surface area contributed by atoms with E-state index in [4.69, 9.17) is 16.7 Å². The quantitative estimate of drug-likeness (QED) is 0.418. The van der Waals surface area contributed by atoms with Crippen LogP contribution in [0.4, 0.5) is 0 Å². The number of nitrogens with two attached hydrogens (primary N) is 2. The van der Waals surface area contributed by atoms with Crippen LogP contribution >= 0.6 is 0 Å². The lowest BCUT2D eigenvalue weighted by Gasteiger charge is -2.10. The number of imide groups is 1. The smallest absolute Gasteiger partial charge is 0.261 e. The van der Waals surface area contributed by atoms with E-state index in [1.165, 1.54) is 18.2 Å². The Bertz CT molecular complexity index is 971. The van der Waals surface area contributed by atoms with Crippen molar-refractivity contribution in [2.45, 2.75) is 0 Å². The summed E-state index contributed by atoms with van der Waals surface area (Å²) in [7, 11) is 0. The Morgan fingerprint density at radius 2 is 1.48 bits per heavy atom. The second kappa shape index (κ2) is 8.78. The summed E-state index contributed by atoms with van der Waals surface area (Å²) < 4.78 is 0. The zero-order chi connectivity index (χ0) is 19.8. The molecule has 0 heterocycles. The summed E-state index contributed by atoms with van der Waals surface area (Å²) in [4.78, 5) is 36.3. The molecule has 0 aliphatic carbocycles. The molecule has 0 atom stereocenters. The summed E-state index contributed by atoms with van der Waals surface area (Å²) >= 11 is 0. The van der Waals surface area contributed by atoms with Crippen molar-refractivity contribution in [1.82, 2.24) is 5.32 Å². The Morgan fingerprint density at radius 1 is 0.926 bits per heavy atom. The zero-order valence-corrected chi connectivity index (χ0v) is 14.2. The molecule has 0 spiro atoms. The van der Waals surface area contributed by atoms with E-state index in [9.17, 15) is 14.4 Å². The Labute approximate surface area is 155 Å². The number of nitriles is 1. The van der Waals surface area contributed by atoms with Gasteiger partial charge in [0, 0.05) is 5.56 Å². The Kier molecular flexibility index (Phi) is 6.23. The number of carbonyl (C=O) groups is 3. The van der Waals surface area contributed by atoms with Gasteiger partial charge in [-0.25, -0.2) is 0 Å². The summed E-state index contributed by atoms with van der Waals surface area (Å²) in [5.74, 6) is -2.58. The third kappa shape index (κ3) is 4.90. The van der Waals surface area contributed by atoms with Crippen molar-refractivity contribution >= 4 is 23.8 Å². The van der Waals surface area contributed by atoms with Gasteiger partial charge in [0.25, 0.3) is 17.7 Å². The van der Waals surface area contributed by atoms with Gasteiger partial charge in [0.2, 0.25) is 0 Å². The molecule has 0 radical (unpaired) electrons. The highest BCUT2D eigenvalue weighted by Gasteiger charge is 2.21. The molecule has 7 heteroatoms. The van der Waals surface area contributed by atoms with Gasteiger partial charge in [0.15, 0.2) is 0 Å². The van der Waals surface area contributed by atoms with Crippen molar-refractivity contribution in [3.8, 4) is 6.07 Å². The molecule has 0 unspecified atom stereocenters. The molecule has 0 aromatic heterocycles. The van der Waals surface area contributed by atoms with Gasteiger partial charge in [-0.1, -0.05) is 48.5 Å². The lowest BCUT2D eigenvalue weighted by molar-refractivity contribution is -0.116. The van der Waals surface area contributed by atoms with Gasteiger partial charge >= 0.3 is 0 Å². The number of benzene rings is 2. The zero-order valence-electron chi connectivity index (χ0n) is 14.2. The number of hydrogen-bond donors (Lipinski definition) is 3. The maximum atomic E-state index is 12.6. The van der Waals surface area contributed by atoms with Crippen LogP contribution in [0.1, 0.15) is 15.9 Å². The highest BCUT2D eigenvalue weighted by molar-refractivity contribution is 6.14. The average Bonchev–Trinajstić information content (AvgIpc) is 2.67. The second-order valence-corrected chi connectivity index (χ2v) is 5.38. The minimum Gasteiger partial charge on any atom is -0.397 e. The molecule has 3 amide bonds. The van der Waals surface area contributed by atoms with Crippen molar-refractivity contribution in [2.75, 3.05) is 0 Å². The van der Waals surface area contributed by atoms with E-state index < -0.39 is 29.0 Å². The van der Waals surface area contributed by atoms with Crippen LogP contribution in [0, 0.1) is 11.3 Å². The molecule has 2 aromatic rings. The van der Waals surface area contributed by atoms with Crippen molar-refractivity contribution < 1.29 is 14.4 Å². The van der Waals surface area contributed by atoms with Gasteiger partial charge in [0.05, 0.1) is 11.3 Å². The first-order valence-corrected chi connectivity index (χ1v) is 7.81. The molecular formula is C20H16N4O3. The van der Waals surface area contributed by atoms with Crippen LogP contribution < -0.4 is 16.8 Å². The van der Waals surface area contributed by atoms with Gasteiger partial charge in [0.1, 0.15) is 11.6 Å². The molecule has 0 saturated heterocycles. The van der Waals surface area contributed by atoms with E-state index in [0.29, 0.717) is 5.56 Å². The highest BCUT2D eigenvalue weighted by Crippen LogP contribution is 2.15. The summed E-state index contributed by atoms with van der Waals surface area (Å²) in [5, 5.41) is 11.3. The molecule has 0 bridgehead atoms. The molecule has 5 N–H and O–H groups in total. The first-order valence-electron chi connectivity index (χ1n) is 7.81. The monoisotopic (exact) mass is 360 g/mol. The molecule has 27 heavy (non-hydrogen) atoms. The number of nitrogens with zero attached hydrogens (tertiary/aromatic N) is 1. The fourth-order valence-corrected chi connectivity index (χ4v) is 2.20. The predicted octanol–water partition coefficient (Wildman–Crippen LogP) is 1.25. The molecule has 7 nitrogen and oxygen atoms in total. The lowest BCUT2D eigenvalue weighted by Crippen LogP contribution is -2.34. The molecular weight excluding hydrogens is 344 g/mol. The third-order valence-electron chi connectivity index (χ3n) is 3.54. The van der Waals surface area contributed by atoms with Crippen LogP contribution in [0.25, 0.3) is 6.08 Å². The third-order valence-corrected chi connectivity index (χ3v) is 3.54. The Morgan fingerprint density at radius 3 is 2.00 bits per heavy atom. The molecule has 2 rings (SSSR count). The number of nitrogens with one attached hydrogen (secondary N) is 1. The summed E-state index contributed by atoms with van der Waals surface area (Å²) in [6.07, 6.45) is 1.36. The highest BCUT2D eigenvalue weighted by atomic mass is 16.2. The number of amides is 3. The van der Waals surface area contributed by atoms with E-state index in [-0.39, 0.29) is 11.1 Å². The predicted molar refractivity (Wildman–Crippen MR) is 99.4 cm³/mol. The molecule has 2 aromatic carbocycles. The van der Waals surface area contributed by atoms with Gasteiger partial charge in [-0.3, -0.25) is 19.7 Å². The van der Waals surface area contributed by atoms with Gasteiger partial charge in [-0.15, -0.1) is 0 Å². The minimum absolute atomic E-state index is 0.221. The number of carbonyl (C=O) groups excluding carboxylic acids is 3. The van der Waals surface area contributed by atoms with Crippen LogP contribution in [-0.2, 0) is 9.59 Å². The second-order valence-electron chi connectivity index (χ2n) is 5.38. The molecule has 0 fully saturated rings. The van der Waals surface area contributed by atoms with E-state index in [1.807, 2.05) is 0 Å². The van der Waals surface area contributed by atoms with Crippen LogP contribution in [-0.4, -0.2) is 17.7 Å². The first kappa shape index (κ1) is 19.1. The largest absolute Gasteiger partial charge is 0.397 e. The SMILES string of the molecule is N#C/C(C(N)=O)=C(N)\C(=C/c1ccccc1)C(=O)NC(=O)c1ccccc1. The minimum atomic E-state index is -1.07. The van der Waals surface area contributed by atoms with Crippen molar-refractivity contribution in [3.05, 3.63) is 88.6 Å². The summed E-state index contributed by atoms with van der Waals surface area (Å²) in [6.45, 7) is 0. The fraction of sp³-hybridized carbons (Fsp3) is 0. The molecule has 0 aliphatic heterocycles. The maximum Gasteiger partial charge on any atom is 0.261 e. The molecule has 0 saturated carbocycles. The number of rotatable bonds is 5. The maximum absolute atomic E-state index is 12.6. The van der Waals surface area contributed by atoms with Gasteiger partial charge in [-0.2, -0.15) is 5.26 Å². The Balaban J connectivity index is 2.45. The topological polar surface area (TPSA) is 139 Å². The van der Waals surface area contributed by atoms with E-state index in [2.05, 4.69) is 5.32 Å². The number of primary amides is 1. The van der Waals surface area contributed by atoms with Crippen LogP contribution in [0.2, 0.25) is 0 Å². The standard InChI is InChI=1S/C20H16N4O3/c21-12-16(18(23)25)17(22)15(11-13-7-3-1-4-8-13)20(27)24-19(26)14-9-5-2-6-10-14/h1-11H,22H2,(H2,23,25)(H,24,26,27)/b15-11+,17-16-. The van der Waals surface area contributed by atoms with E-state index >= 15 is 0 Å². The van der Waals surface area contributed by atoms with E-state index in [0.717, 1.165) is 0 Å². The molecule has 0 aliphatic rings.